The van der Waals surface area contributed by atoms with Gasteiger partial charge in [0.05, 0.1) is 19.7 Å². The first-order valence-electron chi connectivity index (χ1n) is 24.3. The Bertz CT molecular complexity index is 1830. The molecule has 0 aromatic carbocycles. The molecular formula is C46H83N13O11. The van der Waals surface area contributed by atoms with Gasteiger partial charge >= 0.3 is 0 Å². The molecule has 1 unspecified atom stereocenters. The number of amides is 10. The second-order valence-electron chi connectivity index (χ2n) is 18.6. The summed E-state index contributed by atoms with van der Waals surface area (Å²) in [6.45, 7) is 14.5. The Morgan fingerprint density at radius 2 is 1.37 bits per heavy atom. The highest BCUT2D eigenvalue weighted by Crippen LogP contribution is 2.21. The van der Waals surface area contributed by atoms with E-state index in [1.54, 1.807) is 34.6 Å². The third-order valence-electron chi connectivity index (χ3n) is 12.0. The lowest BCUT2D eigenvalue weighted by Crippen LogP contribution is -2.61. The van der Waals surface area contributed by atoms with Crippen LogP contribution in [0.5, 0.6) is 0 Å². The van der Waals surface area contributed by atoms with Gasteiger partial charge in [0.1, 0.15) is 42.3 Å². The van der Waals surface area contributed by atoms with Gasteiger partial charge in [-0.05, 0) is 63.2 Å². The molecule has 1 saturated heterocycles. The van der Waals surface area contributed by atoms with Crippen molar-refractivity contribution in [3.8, 4) is 0 Å². The lowest BCUT2D eigenvalue weighted by molar-refractivity contribution is -0.144. The van der Waals surface area contributed by atoms with Crippen LogP contribution in [0.15, 0.2) is 4.99 Å². The lowest BCUT2D eigenvalue weighted by atomic mass is 9.96. The van der Waals surface area contributed by atoms with Crippen LogP contribution in [0, 0.1) is 17.8 Å². The van der Waals surface area contributed by atoms with Crippen LogP contribution in [0.25, 0.3) is 0 Å². The standard InChI is InChI=1S/C46H83N13O11/c1-12-17-30(39(64)56-38(28(8)13-2)43(68)53-31(18-15-20-50-46(47)48)45(70)59-21-16-19-33(59)40(65)49-14-3)52-41(66)34(25-60)58(11)44(69)32(22-26(4)5)54-42(67)37(27(6)7)55-35(62)23-51-36(63)24-57(10)29(9)61/h26-28,30-34,37-38,60H,12-25H2,1-11H3,(H,49,65)(H,51,63)(H,52,66)(H,53,68)(H,54,67)(H,55,62)(H,56,64)(H4,47,48,50)/t28?,30-,31-,32+,33-,34-,37-,38-/m0/s1. The zero-order valence-electron chi connectivity index (χ0n) is 43.1. The predicted molar refractivity (Wildman–Crippen MR) is 262 cm³/mol. The second-order valence-corrected chi connectivity index (χ2v) is 18.6. The molecule has 0 aromatic heterocycles. The number of guanidine groups is 1. The first-order valence-corrected chi connectivity index (χ1v) is 24.3. The molecule has 1 aliphatic heterocycles. The number of likely N-dealkylation sites (tertiary alicyclic amines) is 1. The van der Waals surface area contributed by atoms with Crippen molar-refractivity contribution >= 4 is 65.0 Å². The molecule has 1 heterocycles. The Kier molecular flexibility index (Phi) is 27.6. The van der Waals surface area contributed by atoms with Gasteiger partial charge in [-0.1, -0.05) is 61.3 Å². The Morgan fingerprint density at radius 1 is 0.757 bits per heavy atom. The predicted octanol–water partition coefficient (Wildman–Crippen LogP) is -2.45. The third kappa shape index (κ3) is 20.5. The van der Waals surface area contributed by atoms with E-state index in [1.807, 2.05) is 20.8 Å². The first kappa shape index (κ1) is 61.9. The zero-order valence-corrected chi connectivity index (χ0v) is 43.1. The van der Waals surface area contributed by atoms with Crippen molar-refractivity contribution in [3.05, 3.63) is 0 Å². The molecule has 0 saturated carbocycles. The molecule has 1 fully saturated rings. The summed E-state index contributed by atoms with van der Waals surface area (Å²) in [5.74, 6) is -7.41. The van der Waals surface area contributed by atoms with Gasteiger partial charge in [0, 0.05) is 40.7 Å². The van der Waals surface area contributed by atoms with Crippen LogP contribution in [0.2, 0.25) is 0 Å². The average molecular weight is 994 g/mol. The van der Waals surface area contributed by atoms with Crippen LogP contribution < -0.4 is 48.7 Å². The maximum Gasteiger partial charge on any atom is 0.245 e. The van der Waals surface area contributed by atoms with Gasteiger partial charge in [-0.15, -0.1) is 0 Å². The Balaban J connectivity index is 3.30. The van der Waals surface area contributed by atoms with Crippen LogP contribution in [0.4, 0.5) is 0 Å². The number of carbonyl (C=O) groups is 10. The van der Waals surface area contributed by atoms with Crippen LogP contribution in [-0.4, -0.2) is 181 Å². The van der Waals surface area contributed by atoms with Crippen molar-refractivity contribution in [1.29, 1.82) is 0 Å². The van der Waals surface area contributed by atoms with Crippen LogP contribution >= 0.6 is 0 Å². The molecule has 24 heteroatoms. The van der Waals surface area contributed by atoms with Crippen molar-refractivity contribution in [2.45, 2.75) is 156 Å². The summed E-state index contributed by atoms with van der Waals surface area (Å²) in [5.41, 5.74) is 11.0. The number of hydrogen-bond donors (Lipinski definition) is 10. The molecule has 24 nitrogen and oxygen atoms in total. The Hall–Kier alpha value is -6.07. The smallest absolute Gasteiger partial charge is 0.245 e. The molecule has 0 aromatic rings. The number of rotatable bonds is 30. The minimum absolute atomic E-state index is 0.0950. The summed E-state index contributed by atoms with van der Waals surface area (Å²) < 4.78 is 0. The Morgan fingerprint density at radius 3 is 1.91 bits per heavy atom. The number of nitrogens with two attached hydrogens (primary N) is 2. The van der Waals surface area contributed by atoms with Gasteiger partial charge in [0.25, 0.3) is 0 Å². The van der Waals surface area contributed by atoms with E-state index in [2.05, 4.69) is 42.2 Å². The van der Waals surface area contributed by atoms with Gasteiger partial charge in [-0.25, -0.2) is 0 Å². The largest absolute Gasteiger partial charge is 0.394 e. The van der Waals surface area contributed by atoms with E-state index in [0.29, 0.717) is 45.2 Å². The van der Waals surface area contributed by atoms with Crippen LogP contribution in [0.1, 0.15) is 114 Å². The third-order valence-corrected chi connectivity index (χ3v) is 12.0. The molecule has 0 bridgehead atoms. The molecule has 1 rings (SSSR count). The topological polar surface area (TPSA) is 349 Å². The fourth-order valence-corrected chi connectivity index (χ4v) is 7.65. The van der Waals surface area contributed by atoms with E-state index in [1.165, 1.54) is 25.9 Å². The van der Waals surface area contributed by atoms with E-state index in [0.717, 1.165) is 9.80 Å². The molecule has 8 atom stereocenters. The maximum atomic E-state index is 14.2. The second kappa shape index (κ2) is 31.2. The highest BCUT2D eigenvalue weighted by molar-refractivity contribution is 5.98. The molecule has 0 spiro atoms. The minimum Gasteiger partial charge on any atom is -0.394 e. The molecule has 70 heavy (non-hydrogen) atoms. The van der Waals surface area contributed by atoms with Crippen LogP contribution in [-0.2, 0) is 47.9 Å². The summed E-state index contributed by atoms with van der Waals surface area (Å²) in [4.78, 5) is 141. The summed E-state index contributed by atoms with van der Waals surface area (Å²) in [6, 6.07) is -8.16. The van der Waals surface area contributed by atoms with Gasteiger partial charge in [0.2, 0.25) is 59.1 Å². The SMILES string of the molecule is CCC[C@H](NC(=O)[C@H](CO)N(C)C(=O)[C@@H](CC(C)C)NC(=O)[C@@H](NC(=O)CNC(=O)CN(C)C(C)=O)C(C)C)C(=O)N[C@H](C(=O)N[C@@H](CCCN=C(N)N)C(=O)N1CCC[C@H]1C(=O)NCC)C(C)CC. The van der Waals surface area contributed by atoms with Crippen molar-refractivity contribution < 1.29 is 53.1 Å². The fraction of sp³-hybridized carbons (Fsp3) is 0.761. The summed E-state index contributed by atoms with van der Waals surface area (Å²) in [7, 11) is 2.69. The minimum atomic E-state index is -1.54. The monoisotopic (exact) mass is 994 g/mol. The number of likely N-dealkylation sites (N-methyl/N-ethyl adjacent to an activating group) is 3. The van der Waals surface area contributed by atoms with Crippen molar-refractivity contribution in [2.75, 3.05) is 53.4 Å². The van der Waals surface area contributed by atoms with Crippen molar-refractivity contribution in [3.63, 3.8) is 0 Å². The molecule has 10 amide bonds. The number of hydrogen-bond acceptors (Lipinski definition) is 12. The zero-order chi connectivity index (χ0) is 53.4. The summed E-state index contributed by atoms with van der Waals surface area (Å²) in [6.07, 6.45) is 2.47. The molecule has 0 aliphatic carbocycles. The van der Waals surface area contributed by atoms with Gasteiger partial charge < -0.3 is 68.5 Å². The van der Waals surface area contributed by atoms with Gasteiger partial charge in [-0.2, -0.15) is 0 Å². The quantitative estimate of drug-likeness (QED) is 0.0203. The normalized spacial score (nSPS) is 16.3. The van der Waals surface area contributed by atoms with E-state index in [9.17, 15) is 53.1 Å². The maximum absolute atomic E-state index is 14.2. The highest BCUT2D eigenvalue weighted by Gasteiger charge is 2.40. The number of carbonyl (C=O) groups excluding carboxylic acids is 10. The van der Waals surface area contributed by atoms with Crippen molar-refractivity contribution in [1.82, 2.24) is 51.9 Å². The molecule has 0 radical (unpaired) electrons. The fourth-order valence-electron chi connectivity index (χ4n) is 7.65. The van der Waals surface area contributed by atoms with Crippen LogP contribution in [0.3, 0.4) is 0 Å². The molecule has 1 aliphatic rings. The van der Waals surface area contributed by atoms with Crippen molar-refractivity contribution in [2.24, 2.45) is 34.2 Å². The van der Waals surface area contributed by atoms with Gasteiger partial charge in [-0.3, -0.25) is 52.9 Å². The lowest BCUT2D eigenvalue weighted by Gasteiger charge is -2.33. The Labute approximate surface area is 412 Å². The summed E-state index contributed by atoms with van der Waals surface area (Å²) in [5, 5.41) is 29.1. The van der Waals surface area contributed by atoms with E-state index < -0.39 is 115 Å². The molecule has 398 valence electrons. The number of aliphatic hydroxyl groups is 1. The van der Waals surface area contributed by atoms with Gasteiger partial charge in [0.15, 0.2) is 5.96 Å². The van der Waals surface area contributed by atoms with E-state index >= 15 is 0 Å². The van der Waals surface area contributed by atoms with E-state index in [4.69, 9.17) is 11.5 Å². The average Bonchev–Trinajstić information content (AvgIpc) is 3.79. The first-order chi connectivity index (χ1) is 32.8. The number of aliphatic imine (C=N–C) groups is 1. The highest BCUT2D eigenvalue weighted by atomic mass is 16.3. The number of nitrogens with zero attached hydrogens (tertiary/aromatic N) is 4. The van der Waals surface area contributed by atoms with E-state index in [-0.39, 0.29) is 56.0 Å². The molecular weight excluding hydrogens is 911 g/mol. The number of aliphatic hydroxyl groups excluding tert-OH is 1. The number of nitrogens with one attached hydrogen (secondary N) is 7. The molecule has 12 N–H and O–H groups in total. The summed E-state index contributed by atoms with van der Waals surface area (Å²) >= 11 is 0.